The summed E-state index contributed by atoms with van der Waals surface area (Å²) < 4.78 is 9.35. The minimum absolute atomic E-state index is 0.223. The van der Waals surface area contributed by atoms with Crippen molar-refractivity contribution in [3.8, 4) is 0 Å². The molecule has 0 saturated carbocycles. The van der Waals surface area contributed by atoms with Crippen molar-refractivity contribution in [3.63, 3.8) is 0 Å². The summed E-state index contributed by atoms with van der Waals surface area (Å²) >= 11 is 0. The maximum absolute atomic E-state index is 12.0. The fourth-order valence-corrected chi connectivity index (χ4v) is 1.95. The van der Waals surface area contributed by atoms with E-state index < -0.39 is 36.2 Å². The van der Waals surface area contributed by atoms with Gasteiger partial charge in [0.1, 0.15) is 12.5 Å². The van der Waals surface area contributed by atoms with E-state index in [2.05, 4.69) is 10.1 Å². The normalized spacial score (nSPS) is 17.9. The number of ether oxygens (including phenoxy) is 2. The van der Waals surface area contributed by atoms with Gasteiger partial charge in [0, 0.05) is 13.1 Å². The molecule has 1 rings (SSSR count). The molecule has 1 fully saturated rings. The minimum atomic E-state index is -0.944. The van der Waals surface area contributed by atoms with Gasteiger partial charge in [-0.3, -0.25) is 19.2 Å². The molecule has 0 bridgehead atoms. The molecule has 0 aliphatic carbocycles. The van der Waals surface area contributed by atoms with Crippen LogP contribution in [0.4, 0.5) is 0 Å². The molecule has 118 valence electrons. The van der Waals surface area contributed by atoms with Crippen molar-refractivity contribution in [1.29, 1.82) is 0 Å². The first kappa shape index (κ1) is 16.9. The highest BCUT2D eigenvalue weighted by Gasteiger charge is 2.35. The Balaban J connectivity index is 2.69. The standard InChI is InChI=1S/C13H20N2O6/c1-3-6-21-12(18)7-9-13(19)14-4-5-15(9)10(16)8-11(17)20-2/h9H,3-8H2,1-2H3,(H,14,19). The van der Waals surface area contributed by atoms with Crippen molar-refractivity contribution in [1.82, 2.24) is 10.2 Å². The van der Waals surface area contributed by atoms with Gasteiger partial charge in [0.2, 0.25) is 11.8 Å². The van der Waals surface area contributed by atoms with Gasteiger partial charge in [-0.2, -0.15) is 0 Å². The molecule has 0 aromatic carbocycles. The molecule has 1 aliphatic heterocycles. The minimum Gasteiger partial charge on any atom is -0.469 e. The van der Waals surface area contributed by atoms with Crippen LogP contribution in [-0.2, 0) is 28.7 Å². The molecule has 1 aliphatic rings. The van der Waals surface area contributed by atoms with E-state index >= 15 is 0 Å². The summed E-state index contributed by atoms with van der Waals surface area (Å²) in [5.41, 5.74) is 0. The van der Waals surface area contributed by atoms with E-state index in [1.165, 1.54) is 12.0 Å². The first-order valence-corrected chi connectivity index (χ1v) is 6.79. The molecule has 2 amide bonds. The van der Waals surface area contributed by atoms with Gasteiger partial charge in [0.25, 0.3) is 0 Å². The fourth-order valence-electron chi connectivity index (χ4n) is 1.95. The number of rotatable bonds is 6. The molecule has 1 saturated heterocycles. The second-order valence-electron chi connectivity index (χ2n) is 4.57. The lowest BCUT2D eigenvalue weighted by molar-refractivity contribution is -0.154. The van der Waals surface area contributed by atoms with Crippen molar-refractivity contribution in [2.24, 2.45) is 0 Å². The predicted octanol–water partition coefficient (Wildman–Crippen LogP) is -0.780. The van der Waals surface area contributed by atoms with Gasteiger partial charge in [-0.05, 0) is 6.42 Å². The zero-order valence-corrected chi connectivity index (χ0v) is 12.2. The Kier molecular flexibility index (Phi) is 6.64. The molecule has 0 aromatic rings. The summed E-state index contributed by atoms with van der Waals surface area (Å²) in [4.78, 5) is 47.9. The Morgan fingerprint density at radius 2 is 2.05 bits per heavy atom. The molecule has 0 aromatic heterocycles. The highest BCUT2D eigenvalue weighted by atomic mass is 16.5. The topological polar surface area (TPSA) is 102 Å². The maximum atomic E-state index is 12.0. The molecule has 1 heterocycles. The molecule has 1 N–H and O–H groups in total. The predicted molar refractivity (Wildman–Crippen MR) is 71.0 cm³/mol. The molecular formula is C13H20N2O6. The number of nitrogens with one attached hydrogen (secondary N) is 1. The molecule has 21 heavy (non-hydrogen) atoms. The number of hydrogen-bond acceptors (Lipinski definition) is 6. The number of carbonyl (C=O) groups excluding carboxylic acids is 4. The van der Waals surface area contributed by atoms with Gasteiger partial charge < -0.3 is 19.7 Å². The zero-order valence-electron chi connectivity index (χ0n) is 12.2. The van der Waals surface area contributed by atoms with Crippen LogP contribution in [0, 0.1) is 0 Å². The van der Waals surface area contributed by atoms with Gasteiger partial charge >= 0.3 is 11.9 Å². The lowest BCUT2D eigenvalue weighted by atomic mass is 10.1. The van der Waals surface area contributed by atoms with Crippen molar-refractivity contribution in [3.05, 3.63) is 0 Å². The van der Waals surface area contributed by atoms with Crippen molar-refractivity contribution in [2.45, 2.75) is 32.2 Å². The summed E-state index contributed by atoms with van der Waals surface area (Å²) in [5.74, 6) is -2.19. The van der Waals surface area contributed by atoms with Crippen LogP contribution in [0.25, 0.3) is 0 Å². The van der Waals surface area contributed by atoms with Gasteiger partial charge in [-0.1, -0.05) is 6.92 Å². The number of esters is 2. The molecule has 0 spiro atoms. The third kappa shape index (κ3) is 5.05. The average Bonchev–Trinajstić information content (AvgIpc) is 2.46. The lowest BCUT2D eigenvalue weighted by Crippen LogP contribution is -2.58. The monoisotopic (exact) mass is 300 g/mol. The Morgan fingerprint density at radius 3 is 2.67 bits per heavy atom. The van der Waals surface area contributed by atoms with Gasteiger partial charge in [-0.25, -0.2) is 0 Å². The third-order valence-corrected chi connectivity index (χ3v) is 3.00. The molecule has 1 atom stereocenters. The first-order valence-electron chi connectivity index (χ1n) is 6.79. The van der Waals surface area contributed by atoms with Crippen molar-refractivity contribution in [2.75, 3.05) is 26.8 Å². The Bertz CT molecular complexity index is 423. The quantitative estimate of drug-likeness (QED) is 0.510. The van der Waals surface area contributed by atoms with Crippen molar-refractivity contribution < 1.29 is 28.7 Å². The Hall–Kier alpha value is -2.12. The Morgan fingerprint density at radius 1 is 1.33 bits per heavy atom. The van der Waals surface area contributed by atoms with Gasteiger partial charge in [0.15, 0.2) is 0 Å². The maximum Gasteiger partial charge on any atom is 0.315 e. The second-order valence-corrected chi connectivity index (χ2v) is 4.57. The van der Waals surface area contributed by atoms with Gasteiger partial charge in [-0.15, -0.1) is 0 Å². The smallest absolute Gasteiger partial charge is 0.315 e. The largest absolute Gasteiger partial charge is 0.469 e. The number of amides is 2. The molecule has 0 radical (unpaired) electrons. The van der Waals surface area contributed by atoms with Crippen molar-refractivity contribution >= 4 is 23.8 Å². The molecule has 8 nitrogen and oxygen atoms in total. The number of hydrogen-bond donors (Lipinski definition) is 1. The number of piperazine rings is 1. The highest BCUT2D eigenvalue weighted by molar-refractivity contribution is 5.98. The fraction of sp³-hybridized carbons (Fsp3) is 0.692. The second kappa shape index (κ2) is 8.23. The Labute approximate surface area is 122 Å². The van der Waals surface area contributed by atoms with Crippen LogP contribution >= 0.6 is 0 Å². The number of nitrogens with zero attached hydrogens (tertiary/aromatic N) is 1. The average molecular weight is 300 g/mol. The third-order valence-electron chi connectivity index (χ3n) is 3.00. The van der Waals surface area contributed by atoms with E-state index in [9.17, 15) is 19.2 Å². The van der Waals surface area contributed by atoms with Crippen LogP contribution in [0.3, 0.4) is 0 Å². The summed E-state index contributed by atoms with van der Waals surface area (Å²) in [5, 5.41) is 2.59. The molecule has 1 unspecified atom stereocenters. The van der Waals surface area contributed by atoms with Crippen LogP contribution in [0.15, 0.2) is 0 Å². The summed E-state index contributed by atoms with van der Waals surface area (Å²) in [7, 11) is 1.18. The molecule has 8 heteroatoms. The van der Waals surface area contributed by atoms with Crippen LogP contribution < -0.4 is 5.32 Å². The summed E-state index contributed by atoms with van der Waals surface area (Å²) in [6.07, 6.45) is -0.00335. The van der Waals surface area contributed by atoms with Crippen LogP contribution in [0.5, 0.6) is 0 Å². The van der Waals surface area contributed by atoms with E-state index in [4.69, 9.17) is 4.74 Å². The highest BCUT2D eigenvalue weighted by Crippen LogP contribution is 2.12. The number of methoxy groups -OCH3 is 1. The zero-order chi connectivity index (χ0) is 15.8. The van der Waals surface area contributed by atoms with Crippen LogP contribution in [0.1, 0.15) is 26.2 Å². The van der Waals surface area contributed by atoms with E-state index in [0.29, 0.717) is 6.42 Å². The molecular weight excluding hydrogens is 280 g/mol. The SMILES string of the molecule is CCCOC(=O)CC1C(=O)NCCN1C(=O)CC(=O)OC. The van der Waals surface area contributed by atoms with E-state index in [1.807, 2.05) is 6.92 Å². The number of carbonyl (C=O) groups is 4. The summed E-state index contributed by atoms with van der Waals surface area (Å²) in [6.45, 7) is 2.65. The van der Waals surface area contributed by atoms with Crippen LogP contribution in [-0.4, -0.2) is 61.5 Å². The van der Waals surface area contributed by atoms with Gasteiger partial charge in [0.05, 0.1) is 20.1 Å². The van der Waals surface area contributed by atoms with E-state index in [1.54, 1.807) is 0 Å². The van der Waals surface area contributed by atoms with E-state index in [-0.39, 0.29) is 26.1 Å². The lowest BCUT2D eigenvalue weighted by Gasteiger charge is -2.34. The van der Waals surface area contributed by atoms with Crippen LogP contribution in [0.2, 0.25) is 0 Å². The van der Waals surface area contributed by atoms with E-state index in [0.717, 1.165) is 0 Å². The summed E-state index contributed by atoms with van der Waals surface area (Å²) in [6, 6.07) is -0.944. The first-order chi connectivity index (χ1) is 9.99.